The van der Waals surface area contributed by atoms with Crippen LogP contribution >= 0.6 is 0 Å². The summed E-state index contributed by atoms with van der Waals surface area (Å²) in [6.07, 6.45) is 1.08. The van der Waals surface area contributed by atoms with E-state index in [4.69, 9.17) is 4.42 Å². The maximum Gasteiger partial charge on any atom is 0.255 e. The lowest BCUT2D eigenvalue weighted by Crippen LogP contribution is -2.25. The molecule has 4 aromatic rings. The van der Waals surface area contributed by atoms with E-state index < -0.39 is 21.7 Å². The molecule has 0 atom stereocenters. The first-order chi connectivity index (χ1) is 16.1. The summed E-state index contributed by atoms with van der Waals surface area (Å²) in [5.41, 5.74) is 2.80. The quantitative estimate of drug-likeness (QED) is 0.455. The van der Waals surface area contributed by atoms with Crippen LogP contribution in [0.5, 0.6) is 0 Å². The first-order valence-corrected chi connectivity index (χ1v) is 12.0. The Bertz CT molecular complexity index is 1570. The highest BCUT2D eigenvalue weighted by Gasteiger charge is 2.26. The predicted molar refractivity (Wildman–Crippen MR) is 128 cm³/mol. The van der Waals surface area contributed by atoms with E-state index in [1.54, 1.807) is 36.4 Å². The number of carbonyl (C=O) groups is 1. The number of carbonyl (C=O) groups excluding carboxylic acids is 1. The van der Waals surface area contributed by atoms with Crippen LogP contribution in [0, 0.1) is 17.1 Å². The first-order valence-electron chi connectivity index (χ1n) is 10.2. The van der Waals surface area contributed by atoms with E-state index >= 15 is 0 Å². The molecule has 1 heterocycles. The number of hydrogen-bond acceptors (Lipinski definition) is 5. The van der Waals surface area contributed by atoms with Gasteiger partial charge in [-0.25, -0.2) is 12.8 Å². The summed E-state index contributed by atoms with van der Waals surface area (Å²) in [4.78, 5) is 12.9. The lowest BCUT2D eigenvalue weighted by molar-refractivity contribution is 0.0964. The van der Waals surface area contributed by atoms with E-state index in [0.29, 0.717) is 33.3 Å². The Morgan fingerprint density at radius 3 is 2.41 bits per heavy atom. The van der Waals surface area contributed by atoms with E-state index in [2.05, 4.69) is 11.4 Å². The van der Waals surface area contributed by atoms with Crippen LogP contribution in [-0.4, -0.2) is 34.7 Å². The predicted octanol–water partition coefficient (Wildman–Crippen LogP) is 4.53. The molecule has 0 aliphatic heterocycles. The Morgan fingerprint density at radius 1 is 1.09 bits per heavy atom. The number of nitrogens with zero attached hydrogens (tertiary/aromatic N) is 2. The monoisotopic (exact) mass is 477 g/mol. The molecule has 0 radical (unpaired) electrons. The summed E-state index contributed by atoms with van der Waals surface area (Å²) in [7, 11) is -0.747. The lowest BCUT2D eigenvalue weighted by Gasteiger charge is -2.20. The zero-order chi connectivity index (χ0) is 24.6. The molecule has 0 spiro atoms. The molecule has 0 bridgehead atoms. The van der Waals surface area contributed by atoms with Crippen LogP contribution in [0.1, 0.15) is 15.9 Å². The van der Waals surface area contributed by atoms with Crippen molar-refractivity contribution in [1.82, 2.24) is 5.32 Å². The highest BCUT2D eigenvalue weighted by atomic mass is 32.2. The van der Waals surface area contributed by atoms with Crippen LogP contribution in [0.3, 0.4) is 0 Å². The van der Waals surface area contributed by atoms with Gasteiger partial charge in [0.1, 0.15) is 17.2 Å². The van der Waals surface area contributed by atoms with Gasteiger partial charge >= 0.3 is 0 Å². The minimum atomic E-state index is -3.65. The molecule has 9 heteroatoms. The molecule has 4 rings (SSSR count). The number of amides is 1. The average Bonchev–Trinajstić information content (AvgIpc) is 3.20. The average molecular weight is 478 g/mol. The molecule has 0 fully saturated rings. The normalized spacial score (nSPS) is 11.3. The number of sulfonamides is 1. The number of halogens is 1. The van der Waals surface area contributed by atoms with Gasteiger partial charge in [0.25, 0.3) is 5.91 Å². The smallest absolute Gasteiger partial charge is 0.255 e. The zero-order valence-electron chi connectivity index (χ0n) is 18.6. The van der Waals surface area contributed by atoms with Crippen LogP contribution < -0.4 is 9.62 Å². The molecule has 0 saturated carbocycles. The highest BCUT2D eigenvalue weighted by Crippen LogP contribution is 2.41. The number of anilines is 1. The van der Waals surface area contributed by atoms with Crippen molar-refractivity contribution < 1.29 is 22.0 Å². The summed E-state index contributed by atoms with van der Waals surface area (Å²) >= 11 is 0. The Morgan fingerprint density at radius 2 is 1.79 bits per heavy atom. The van der Waals surface area contributed by atoms with Crippen LogP contribution in [-0.2, 0) is 10.0 Å². The van der Waals surface area contributed by atoms with Gasteiger partial charge in [0, 0.05) is 36.7 Å². The molecule has 1 aromatic heterocycles. The number of nitriles is 1. The number of fused-ring (bicyclic) bond motifs is 1. The molecule has 34 heavy (non-hydrogen) atoms. The van der Waals surface area contributed by atoms with Gasteiger partial charge < -0.3 is 9.73 Å². The van der Waals surface area contributed by atoms with Gasteiger partial charge in [0.15, 0.2) is 0 Å². The first kappa shape index (κ1) is 23.0. The third-order valence-corrected chi connectivity index (χ3v) is 6.70. The van der Waals surface area contributed by atoms with Gasteiger partial charge in [0.2, 0.25) is 10.0 Å². The van der Waals surface area contributed by atoms with Gasteiger partial charge in [0.05, 0.1) is 29.1 Å². The van der Waals surface area contributed by atoms with Crippen LogP contribution in [0.4, 0.5) is 10.1 Å². The minimum Gasteiger partial charge on any atom is -0.455 e. The molecule has 0 aliphatic rings. The van der Waals surface area contributed by atoms with Crippen molar-refractivity contribution in [3.8, 4) is 28.5 Å². The van der Waals surface area contributed by atoms with Crippen molar-refractivity contribution in [2.24, 2.45) is 0 Å². The fraction of sp³-hybridized carbons (Fsp3) is 0.120. The number of furan rings is 1. The standard InChI is InChI=1S/C25H20FN3O4S/c1-28-25(30)23-20-12-19(17-6-4-5-15(11-17)14-27)21(29(2)34(3,31)32)13-22(20)33-24(23)16-7-9-18(26)10-8-16/h4-13H,1-3H3,(H,28,30). The highest BCUT2D eigenvalue weighted by molar-refractivity contribution is 7.92. The van der Waals surface area contributed by atoms with E-state index in [1.165, 1.54) is 38.4 Å². The number of nitrogens with one attached hydrogen (secondary N) is 1. The molecule has 172 valence electrons. The summed E-state index contributed by atoms with van der Waals surface area (Å²) in [5, 5.41) is 12.4. The van der Waals surface area contributed by atoms with Crippen molar-refractivity contribution in [1.29, 1.82) is 5.26 Å². The fourth-order valence-corrected chi connectivity index (χ4v) is 4.22. The van der Waals surface area contributed by atoms with E-state index in [0.717, 1.165) is 10.6 Å². The topological polar surface area (TPSA) is 103 Å². The molecular weight excluding hydrogens is 457 g/mol. The maximum absolute atomic E-state index is 13.5. The van der Waals surface area contributed by atoms with Crippen molar-refractivity contribution in [3.05, 3.63) is 77.6 Å². The van der Waals surface area contributed by atoms with Crippen molar-refractivity contribution in [2.45, 2.75) is 0 Å². The van der Waals surface area contributed by atoms with Crippen LogP contribution in [0.2, 0.25) is 0 Å². The molecule has 1 amide bonds. The second-order valence-electron chi connectivity index (χ2n) is 7.68. The maximum atomic E-state index is 13.5. The second-order valence-corrected chi connectivity index (χ2v) is 9.69. The second kappa shape index (κ2) is 8.65. The molecule has 0 saturated heterocycles. The Hall–Kier alpha value is -4.16. The summed E-state index contributed by atoms with van der Waals surface area (Å²) < 4.78 is 45.4. The van der Waals surface area contributed by atoms with Crippen molar-refractivity contribution in [3.63, 3.8) is 0 Å². The summed E-state index contributed by atoms with van der Waals surface area (Å²) in [6.45, 7) is 0. The van der Waals surface area contributed by atoms with Gasteiger partial charge in [-0.15, -0.1) is 0 Å². The van der Waals surface area contributed by atoms with Crippen LogP contribution in [0.25, 0.3) is 33.4 Å². The molecule has 1 N–H and O–H groups in total. The number of benzene rings is 3. The van der Waals surface area contributed by atoms with E-state index in [1.807, 2.05) is 0 Å². The zero-order valence-corrected chi connectivity index (χ0v) is 19.4. The molecule has 7 nitrogen and oxygen atoms in total. The lowest BCUT2D eigenvalue weighted by atomic mass is 9.97. The van der Waals surface area contributed by atoms with Crippen molar-refractivity contribution in [2.75, 3.05) is 24.7 Å². The largest absolute Gasteiger partial charge is 0.455 e. The summed E-state index contributed by atoms with van der Waals surface area (Å²) in [5.74, 6) is -0.623. The Balaban J connectivity index is 2.09. The third-order valence-electron chi connectivity index (χ3n) is 5.51. The number of hydrogen-bond donors (Lipinski definition) is 1. The van der Waals surface area contributed by atoms with Gasteiger partial charge in [-0.2, -0.15) is 5.26 Å². The molecule has 0 aliphatic carbocycles. The Kier molecular flexibility index (Phi) is 5.85. The molecule has 3 aromatic carbocycles. The summed E-state index contributed by atoms with van der Waals surface area (Å²) in [6, 6.07) is 17.5. The Labute approximate surface area is 196 Å². The third kappa shape index (κ3) is 4.11. The van der Waals surface area contributed by atoms with Crippen LogP contribution in [0.15, 0.2) is 65.1 Å². The molecular formula is C25H20FN3O4S. The fourth-order valence-electron chi connectivity index (χ4n) is 3.71. The van der Waals surface area contributed by atoms with Gasteiger partial charge in [-0.05, 0) is 48.0 Å². The SMILES string of the molecule is CNC(=O)c1c(-c2ccc(F)cc2)oc2cc(N(C)S(C)(=O)=O)c(-c3cccc(C#N)c3)cc12. The van der Waals surface area contributed by atoms with Crippen molar-refractivity contribution >= 4 is 32.6 Å². The minimum absolute atomic E-state index is 0.227. The van der Waals surface area contributed by atoms with E-state index in [-0.39, 0.29) is 16.9 Å². The van der Waals surface area contributed by atoms with Gasteiger partial charge in [-0.1, -0.05) is 12.1 Å². The number of rotatable bonds is 5. The molecule has 0 unspecified atom stereocenters. The van der Waals surface area contributed by atoms with E-state index in [9.17, 15) is 22.9 Å². The van der Waals surface area contributed by atoms with Gasteiger partial charge in [-0.3, -0.25) is 9.10 Å².